The number of rotatable bonds is 7. The van der Waals surface area contributed by atoms with Gasteiger partial charge in [0.2, 0.25) is 5.91 Å². The first-order chi connectivity index (χ1) is 14.6. The van der Waals surface area contributed by atoms with Gasteiger partial charge in [-0.3, -0.25) is 14.5 Å². The van der Waals surface area contributed by atoms with Crippen molar-refractivity contribution >= 4 is 39.6 Å². The van der Waals surface area contributed by atoms with E-state index >= 15 is 0 Å². The smallest absolute Gasteiger partial charge is 0.262 e. The van der Waals surface area contributed by atoms with E-state index in [0.717, 1.165) is 37.3 Å². The molecule has 4 rings (SSSR count). The summed E-state index contributed by atoms with van der Waals surface area (Å²) >= 11 is 2.88. The van der Waals surface area contributed by atoms with E-state index in [0.29, 0.717) is 16.4 Å². The Morgan fingerprint density at radius 1 is 1.20 bits per heavy atom. The lowest BCUT2D eigenvalue weighted by molar-refractivity contribution is -0.118. The maximum absolute atomic E-state index is 13.1. The van der Waals surface area contributed by atoms with Crippen LogP contribution >= 0.6 is 22.7 Å². The molecule has 2 aromatic heterocycles. The lowest BCUT2D eigenvalue weighted by Crippen LogP contribution is -2.45. The highest BCUT2D eigenvalue weighted by molar-refractivity contribution is 7.15. The Hall–Kier alpha value is -2.55. The Kier molecular flexibility index (Phi) is 6.56. The fourth-order valence-electron chi connectivity index (χ4n) is 3.46. The molecule has 6 nitrogen and oxygen atoms in total. The van der Waals surface area contributed by atoms with E-state index in [4.69, 9.17) is 0 Å². The second kappa shape index (κ2) is 9.51. The highest BCUT2D eigenvalue weighted by Gasteiger charge is 2.25. The maximum Gasteiger partial charge on any atom is 0.262 e. The first-order valence-corrected chi connectivity index (χ1v) is 11.7. The van der Waals surface area contributed by atoms with E-state index in [2.05, 4.69) is 27.4 Å². The summed E-state index contributed by atoms with van der Waals surface area (Å²) in [4.78, 5) is 34.5. The van der Waals surface area contributed by atoms with E-state index in [1.54, 1.807) is 6.07 Å². The van der Waals surface area contributed by atoms with Crippen LogP contribution in [0, 0.1) is 0 Å². The number of thiophene rings is 1. The van der Waals surface area contributed by atoms with Crippen LogP contribution in [0.5, 0.6) is 0 Å². The molecule has 1 aromatic carbocycles. The Balaban J connectivity index is 1.49. The number of hydrogen-bond acceptors (Lipinski definition) is 6. The van der Waals surface area contributed by atoms with Gasteiger partial charge in [0.05, 0.1) is 10.6 Å². The molecule has 3 aromatic rings. The van der Waals surface area contributed by atoms with Gasteiger partial charge in [-0.15, -0.1) is 22.7 Å². The number of nitrogens with zero attached hydrogens (tertiary/aromatic N) is 2. The standard InChI is InChI=1S/C22H24N4O2S2/c1-2-26-11-10-16-19(14-26)30-22(24-16)25-20(27)17(13-15-7-4-3-5-8-15)23-21(28)18-9-6-12-29-18/h3-9,12,17H,2,10-11,13-14H2,1H3,(H,23,28)(H,24,25,27). The Labute approximate surface area is 184 Å². The molecule has 2 N–H and O–H groups in total. The Bertz CT molecular complexity index is 1000. The largest absolute Gasteiger partial charge is 0.339 e. The first kappa shape index (κ1) is 20.7. The molecule has 2 amide bonds. The van der Waals surface area contributed by atoms with Gasteiger partial charge in [-0.2, -0.15) is 0 Å². The summed E-state index contributed by atoms with van der Waals surface area (Å²) in [6.07, 6.45) is 1.32. The van der Waals surface area contributed by atoms with E-state index in [-0.39, 0.29) is 11.8 Å². The number of anilines is 1. The van der Waals surface area contributed by atoms with E-state index in [1.807, 2.05) is 41.8 Å². The molecule has 0 saturated carbocycles. The van der Waals surface area contributed by atoms with Gasteiger partial charge in [-0.25, -0.2) is 4.98 Å². The van der Waals surface area contributed by atoms with Gasteiger partial charge >= 0.3 is 0 Å². The van der Waals surface area contributed by atoms with E-state index in [1.165, 1.54) is 27.6 Å². The van der Waals surface area contributed by atoms with Crippen LogP contribution in [0.15, 0.2) is 47.8 Å². The van der Waals surface area contributed by atoms with Gasteiger partial charge in [0.25, 0.3) is 5.91 Å². The van der Waals surface area contributed by atoms with Crippen LogP contribution in [0.4, 0.5) is 5.13 Å². The molecule has 156 valence electrons. The lowest BCUT2D eigenvalue weighted by atomic mass is 10.1. The zero-order chi connectivity index (χ0) is 20.9. The van der Waals surface area contributed by atoms with Crippen molar-refractivity contribution in [2.75, 3.05) is 18.4 Å². The molecule has 0 aliphatic carbocycles. The molecular formula is C22H24N4O2S2. The number of carbonyl (C=O) groups is 2. The minimum atomic E-state index is -0.685. The fraction of sp³-hybridized carbons (Fsp3) is 0.318. The molecule has 0 saturated heterocycles. The number of fused-ring (bicyclic) bond motifs is 1. The van der Waals surface area contributed by atoms with Crippen LogP contribution in [-0.4, -0.2) is 40.8 Å². The summed E-state index contributed by atoms with van der Waals surface area (Å²) in [5.41, 5.74) is 2.06. The monoisotopic (exact) mass is 440 g/mol. The average Bonchev–Trinajstić information content (AvgIpc) is 3.43. The molecule has 1 aliphatic rings. The Morgan fingerprint density at radius 3 is 2.77 bits per heavy atom. The molecular weight excluding hydrogens is 416 g/mol. The third kappa shape index (κ3) is 4.95. The van der Waals surface area contributed by atoms with Crippen molar-refractivity contribution in [1.82, 2.24) is 15.2 Å². The number of benzene rings is 1. The maximum atomic E-state index is 13.1. The van der Waals surface area contributed by atoms with E-state index in [9.17, 15) is 9.59 Å². The zero-order valence-electron chi connectivity index (χ0n) is 16.8. The van der Waals surface area contributed by atoms with Crippen LogP contribution < -0.4 is 10.6 Å². The topological polar surface area (TPSA) is 74.3 Å². The minimum Gasteiger partial charge on any atom is -0.339 e. The zero-order valence-corrected chi connectivity index (χ0v) is 18.4. The number of carbonyl (C=O) groups excluding carboxylic acids is 2. The minimum absolute atomic E-state index is 0.238. The first-order valence-electron chi connectivity index (χ1n) is 10.0. The number of thiazole rings is 1. The summed E-state index contributed by atoms with van der Waals surface area (Å²) < 4.78 is 0. The molecule has 0 fully saturated rings. The lowest BCUT2D eigenvalue weighted by Gasteiger charge is -2.23. The van der Waals surface area contributed by atoms with Crippen LogP contribution in [0.25, 0.3) is 0 Å². The third-order valence-electron chi connectivity index (χ3n) is 5.14. The van der Waals surface area contributed by atoms with Crippen LogP contribution in [0.1, 0.15) is 32.7 Å². The molecule has 0 radical (unpaired) electrons. The van der Waals surface area contributed by atoms with Crippen molar-refractivity contribution < 1.29 is 9.59 Å². The second-order valence-corrected chi connectivity index (χ2v) is 9.22. The van der Waals surface area contributed by atoms with Crippen molar-refractivity contribution in [3.05, 3.63) is 68.9 Å². The molecule has 0 bridgehead atoms. The van der Waals surface area contributed by atoms with Gasteiger partial charge in [0.1, 0.15) is 6.04 Å². The number of likely N-dealkylation sites (N-methyl/N-ethyl adjacent to an activating group) is 1. The van der Waals surface area contributed by atoms with Gasteiger partial charge in [-0.1, -0.05) is 43.3 Å². The van der Waals surface area contributed by atoms with Gasteiger partial charge < -0.3 is 10.6 Å². The van der Waals surface area contributed by atoms with Gasteiger partial charge in [0.15, 0.2) is 5.13 Å². The molecule has 1 unspecified atom stereocenters. The number of hydrogen-bond donors (Lipinski definition) is 2. The fourth-order valence-corrected chi connectivity index (χ4v) is 5.14. The second-order valence-electron chi connectivity index (χ2n) is 7.19. The summed E-state index contributed by atoms with van der Waals surface area (Å²) in [5, 5.41) is 8.29. The van der Waals surface area contributed by atoms with Gasteiger partial charge in [-0.05, 0) is 23.6 Å². The summed E-state index contributed by atoms with van der Waals surface area (Å²) in [6, 6.07) is 12.6. The van der Waals surface area contributed by atoms with Crippen LogP contribution in [-0.2, 0) is 24.2 Å². The number of amides is 2. The molecule has 0 spiro atoms. The van der Waals surface area contributed by atoms with E-state index < -0.39 is 6.04 Å². The predicted octanol–water partition coefficient (Wildman–Crippen LogP) is 3.56. The summed E-state index contributed by atoms with van der Waals surface area (Å²) in [7, 11) is 0. The highest BCUT2D eigenvalue weighted by Crippen LogP contribution is 2.28. The summed E-state index contributed by atoms with van der Waals surface area (Å²) in [5.74, 6) is -0.486. The predicted molar refractivity (Wildman–Crippen MR) is 121 cm³/mol. The quantitative estimate of drug-likeness (QED) is 0.589. The summed E-state index contributed by atoms with van der Waals surface area (Å²) in [6.45, 7) is 5.03. The molecule has 1 aliphatic heterocycles. The van der Waals surface area contributed by atoms with Gasteiger partial charge in [0, 0.05) is 30.8 Å². The van der Waals surface area contributed by atoms with Crippen molar-refractivity contribution in [1.29, 1.82) is 0 Å². The SMILES string of the molecule is CCN1CCc2nc(NC(=O)C(Cc3ccccc3)NC(=O)c3cccs3)sc2C1. The normalized spacial score (nSPS) is 14.7. The van der Waals surface area contributed by atoms with Crippen LogP contribution in [0.2, 0.25) is 0 Å². The number of nitrogens with one attached hydrogen (secondary N) is 2. The third-order valence-corrected chi connectivity index (χ3v) is 7.00. The van der Waals surface area contributed by atoms with Crippen LogP contribution in [0.3, 0.4) is 0 Å². The van der Waals surface area contributed by atoms with Crippen molar-refractivity contribution in [3.63, 3.8) is 0 Å². The molecule has 8 heteroatoms. The highest BCUT2D eigenvalue weighted by atomic mass is 32.1. The number of aromatic nitrogens is 1. The van der Waals surface area contributed by atoms with Crippen molar-refractivity contribution in [2.45, 2.75) is 32.4 Å². The Morgan fingerprint density at radius 2 is 2.03 bits per heavy atom. The average molecular weight is 441 g/mol. The van der Waals surface area contributed by atoms with Crippen molar-refractivity contribution in [2.24, 2.45) is 0 Å². The molecule has 1 atom stereocenters. The molecule has 30 heavy (non-hydrogen) atoms. The van der Waals surface area contributed by atoms with Crippen molar-refractivity contribution in [3.8, 4) is 0 Å². The molecule has 3 heterocycles.